The van der Waals surface area contributed by atoms with Crippen molar-refractivity contribution >= 4 is 0 Å². The van der Waals surface area contributed by atoms with Gasteiger partial charge in [0.25, 0.3) is 0 Å². The van der Waals surface area contributed by atoms with Gasteiger partial charge in [-0.2, -0.15) is 0 Å². The number of hydrogen-bond acceptors (Lipinski definition) is 2. The highest BCUT2D eigenvalue weighted by Gasteiger charge is 2.00. The number of rotatable bonds is 2. The minimum absolute atomic E-state index is 0.167. The van der Waals surface area contributed by atoms with Crippen LogP contribution in [0.4, 0.5) is 0 Å². The first-order valence-electron chi connectivity index (χ1n) is 2.76. The van der Waals surface area contributed by atoms with Gasteiger partial charge in [-0.1, -0.05) is 6.08 Å². The molecule has 48 valence electrons. The zero-order valence-corrected chi connectivity index (χ0v) is 5.08. The first-order chi connectivity index (χ1) is 4.34. The molecule has 1 aromatic rings. The normalized spacial score (nSPS) is 13.0. The van der Waals surface area contributed by atoms with Crippen LogP contribution in [0.5, 0.6) is 0 Å². The van der Waals surface area contributed by atoms with E-state index in [0.29, 0.717) is 0 Å². The highest BCUT2D eigenvalue weighted by Crippen LogP contribution is 2.09. The second-order valence-corrected chi connectivity index (χ2v) is 1.78. The molecule has 0 aliphatic heterocycles. The van der Waals surface area contributed by atoms with Gasteiger partial charge in [-0.05, 0) is 12.1 Å². The average Bonchev–Trinajstić information content (AvgIpc) is 2.37. The predicted octanol–water partition coefficient (Wildman–Crippen LogP) is 1.47. The van der Waals surface area contributed by atoms with Gasteiger partial charge in [0.15, 0.2) is 0 Å². The van der Waals surface area contributed by atoms with Crippen molar-refractivity contribution in [2.75, 3.05) is 0 Å². The summed E-state index contributed by atoms with van der Waals surface area (Å²) in [5.74, 6) is 0.755. The Hall–Kier alpha value is -1.02. The summed E-state index contributed by atoms with van der Waals surface area (Å²) in [6.07, 6.45) is 3.23. The zero-order valence-electron chi connectivity index (χ0n) is 5.08. The third kappa shape index (κ3) is 1.21. The summed E-state index contributed by atoms with van der Waals surface area (Å²) in [6, 6.07) is 3.46. The van der Waals surface area contributed by atoms with E-state index in [2.05, 4.69) is 6.58 Å². The van der Waals surface area contributed by atoms with E-state index in [4.69, 9.17) is 10.2 Å². The van der Waals surface area contributed by atoms with Crippen LogP contribution in [-0.4, -0.2) is 0 Å². The van der Waals surface area contributed by atoms with Gasteiger partial charge in [0, 0.05) is 0 Å². The molecule has 0 amide bonds. The van der Waals surface area contributed by atoms with Crippen molar-refractivity contribution < 1.29 is 4.42 Å². The molecule has 0 saturated heterocycles. The topological polar surface area (TPSA) is 39.2 Å². The van der Waals surface area contributed by atoms with Crippen LogP contribution in [0.1, 0.15) is 11.8 Å². The van der Waals surface area contributed by atoms with Gasteiger partial charge in [-0.15, -0.1) is 6.58 Å². The average molecular weight is 123 g/mol. The first-order valence-corrected chi connectivity index (χ1v) is 2.76. The fourth-order valence-electron chi connectivity index (χ4n) is 0.597. The van der Waals surface area contributed by atoms with Gasteiger partial charge in [0.05, 0.1) is 12.3 Å². The van der Waals surface area contributed by atoms with Crippen LogP contribution in [0.2, 0.25) is 0 Å². The van der Waals surface area contributed by atoms with Crippen molar-refractivity contribution in [3.63, 3.8) is 0 Å². The van der Waals surface area contributed by atoms with Crippen LogP contribution in [0, 0.1) is 0 Å². The maximum atomic E-state index is 5.53. The molecule has 9 heavy (non-hydrogen) atoms. The molecule has 2 N–H and O–H groups in total. The first kappa shape index (κ1) is 6.11. The van der Waals surface area contributed by atoms with Gasteiger partial charge >= 0.3 is 0 Å². The molecule has 1 heterocycles. The molecular formula is C7H9NO. The van der Waals surface area contributed by atoms with E-state index in [9.17, 15) is 0 Å². The Morgan fingerprint density at radius 3 is 3.00 bits per heavy atom. The van der Waals surface area contributed by atoms with E-state index >= 15 is 0 Å². The van der Waals surface area contributed by atoms with E-state index in [1.165, 1.54) is 0 Å². The summed E-state index contributed by atoms with van der Waals surface area (Å²) in [4.78, 5) is 0. The zero-order chi connectivity index (χ0) is 6.69. The van der Waals surface area contributed by atoms with E-state index in [0.717, 1.165) is 5.76 Å². The van der Waals surface area contributed by atoms with Crippen molar-refractivity contribution in [2.45, 2.75) is 6.04 Å². The monoisotopic (exact) mass is 123 g/mol. The van der Waals surface area contributed by atoms with E-state index in [-0.39, 0.29) is 6.04 Å². The lowest BCUT2D eigenvalue weighted by molar-refractivity contribution is 0.494. The molecule has 1 atom stereocenters. The minimum atomic E-state index is -0.167. The fraction of sp³-hybridized carbons (Fsp3) is 0.143. The van der Waals surface area contributed by atoms with Crippen LogP contribution < -0.4 is 5.73 Å². The Bertz CT molecular complexity index is 179. The number of furan rings is 1. The Morgan fingerprint density at radius 1 is 1.78 bits per heavy atom. The summed E-state index contributed by atoms with van der Waals surface area (Å²) >= 11 is 0. The van der Waals surface area contributed by atoms with Gasteiger partial charge in [0.1, 0.15) is 5.76 Å². The molecular weight excluding hydrogens is 114 g/mol. The number of nitrogens with two attached hydrogens (primary N) is 1. The molecule has 0 aromatic carbocycles. The SMILES string of the molecule is C=C[C@@H](N)c1ccco1. The summed E-state index contributed by atoms with van der Waals surface area (Å²) in [5.41, 5.74) is 5.53. The summed E-state index contributed by atoms with van der Waals surface area (Å²) in [5, 5.41) is 0. The van der Waals surface area contributed by atoms with E-state index < -0.39 is 0 Å². The third-order valence-electron chi connectivity index (χ3n) is 1.13. The quantitative estimate of drug-likeness (QED) is 0.605. The maximum Gasteiger partial charge on any atom is 0.124 e. The molecule has 2 heteroatoms. The molecule has 1 rings (SSSR count). The fourth-order valence-corrected chi connectivity index (χ4v) is 0.597. The second kappa shape index (κ2) is 2.51. The standard InChI is InChI=1S/C7H9NO/c1-2-6(8)7-4-3-5-9-7/h2-6H,1,8H2/t6-/m1/s1. The van der Waals surface area contributed by atoms with Crippen LogP contribution in [0.3, 0.4) is 0 Å². The summed E-state index contributed by atoms with van der Waals surface area (Å²) in [6.45, 7) is 3.53. The van der Waals surface area contributed by atoms with Gasteiger partial charge < -0.3 is 10.2 Å². The van der Waals surface area contributed by atoms with Crippen molar-refractivity contribution in [1.82, 2.24) is 0 Å². The van der Waals surface area contributed by atoms with Gasteiger partial charge in [0.2, 0.25) is 0 Å². The molecule has 1 aromatic heterocycles. The predicted molar refractivity (Wildman–Crippen MR) is 35.8 cm³/mol. The molecule has 2 nitrogen and oxygen atoms in total. The Balaban J connectivity index is 2.76. The van der Waals surface area contributed by atoms with Crippen molar-refractivity contribution in [3.05, 3.63) is 36.8 Å². The van der Waals surface area contributed by atoms with E-state index in [1.807, 2.05) is 6.07 Å². The summed E-state index contributed by atoms with van der Waals surface area (Å²) in [7, 11) is 0. The van der Waals surface area contributed by atoms with Crippen LogP contribution in [0.15, 0.2) is 35.5 Å². The Morgan fingerprint density at radius 2 is 2.56 bits per heavy atom. The minimum Gasteiger partial charge on any atom is -0.467 e. The maximum absolute atomic E-state index is 5.53. The number of hydrogen-bond donors (Lipinski definition) is 1. The van der Waals surface area contributed by atoms with Crippen LogP contribution in [-0.2, 0) is 0 Å². The third-order valence-corrected chi connectivity index (χ3v) is 1.13. The molecule has 0 saturated carbocycles. The molecule has 0 fully saturated rings. The summed E-state index contributed by atoms with van der Waals surface area (Å²) < 4.78 is 4.99. The molecule has 0 radical (unpaired) electrons. The molecule has 0 bridgehead atoms. The van der Waals surface area contributed by atoms with Crippen molar-refractivity contribution in [2.24, 2.45) is 5.73 Å². The lowest BCUT2D eigenvalue weighted by Gasteiger charge is -1.97. The van der Waals surface area contributed by atoms with Crippen molar-refractivity contribution in [3.8, 4) is 0 Å². The lowest BCUT2D eigenvalue weighted by atomic mass is 10.2. The molecule has 0 spiro atoms. The largest absolute Gasteiger partial charge is 0.467 e. The smallest absolute Gasteiger partial charge is 0.124 e. The van der Waals surface area contributed by atoms with E-state index in [1.54, 1.807) is 18.4 Å². The Kier molecular flexibility index (Phi) is 1.70. The highest BCUT2D eigenvalue weighted by atomic mass is 16.3. The second-order valence-electron chi connectivity index (χ2n) is 1.78. The van der Waals surface area contributed by atoms with Gasteiger partial charge in [-0.3, -0.25) is 0 Å². The lowest BCUT2D eigenvalue weighted by Crippen LogP contribution is -2.04. The Labute approximate surface area is 54.0 Å². The van der Waals surface area contributed by atoms with Crippen molar-refractivity contribution in [1.29, 1.82) is 0 Å². The molecule has 0 aliphatic carbocycles. The highest BCUT2D eigenvalue weighted by molar-refractivity contribution is 5.08. The van der Waals surface area contributed by atoms with Crippen LogP contribution in [0.25, 0.3) is 0 Å². The molecule has 0 unspecified atom stereocenters. The molecule has 0 aliphatic rings. The van der Waals surface area contributed by atoms with Gasteiger partial charge in [-0.25, -0.2) is 0 Å². The van der Waals surface area contributed by atoms with Crippen LogP contribution >= 0.6 is 0 Å².